The van der Waals surface area contributed by atoms with Crippen LogP contribution in [0.4, 0.5) is 10.1 Å². The first-order chi connectivity index (χ1) is 16.3. The summed E-state index contributed by atoms with van der Waals surface area (Å²) in [5.74, 6) is 1.95. The van der Waals surface area contributed by atoms with E-state index in [9.17, 15) is 4.39 Å². The van der Waals surface area contributed by atoms with Crippen molar-refractivity contribution in [2.75, 3.05) is 31.1 Å². The summed E-state index contributed by atoms with van der Waals surface area (Å²) in [6.07, 6.45) is 4.63. The summed E-state index contributed by atoms with van der Waals surface area (Å²) >= 11 is 0. The highest BCUT2D eigenvalue weighted by atomic mass is 19.1. The number of piperidine rings is 1. The molecule has 1 fully saturated rings. The molecular formula is C29H44FN3O. The molecular weight excluding hydrogens is 425 g/mol. The van der Waals surface area contributed by atoms with Crippen molar-refractivity contribution in [2.45, 2.75) is 72.1 Å². The largest absolute Gasteiger partial charge is 0.489 e. The highest BCUT2D eigenvalue weighted by molar-refractivity contribution is 5.50. The molecule has 188 valence electrons. The highest BCUT2D eigenvalue weighted by Gasteiger charge is 2.26. The van der Waals surface area contributed by atoms with Crippen LogP contribution in [-0.4, -0.2) is 43.2 Å². The molecule has 1 aliphatic rings. The average Bonchev–Trinajstić information content (AvgIpc) is 2.80. The summed E-state index contributed by atoms with van der Waals surface area (Å²) in [6.45, 7) is 13.8. The van der Waals surface area contributed by atoms with Crippen molar-refractivity contribution in [1.29, 1.82) is 0 Å². The fourth-order valence-electron chi connectivity index (χ4n) is 4.83. The van der Waals surface area contributed by atoms with E-state index in [0.29, 0.717) is 24.5 Å². The lowest BCUT2D eigenvalue weighted by atomic mass is 9.99. The standard InChI is InChI=1S/C29H44FN3O/c1-22(2)13-18-33(28-14-16-32(17-15-28)20-26(31)19-23(3)4)27-9-11-29(12-10-27)34-21-24-5-7-25(30)8-6-24/h5-12,22-23,26,28H,13-21,31H2,1-4H3. The maximum Gasteiger partial charge on any atom is 0.123 e. The summed E-state index contributed by atoms with van der Waals surface area (Å²) < 4.78 is 19.0. The number of hydrogen-bond donors (Lipinski definition) is 1. The van der Waals surface area contributed by atoms with Crippen molar-refractivity contribution < 1.29 is 9.13 Å². The minimum Gasteiger partial charge on any atom is -0.489 e. The summed E-state index contributed by atoms with van der Waals surface area (Å²) in [6, 6.07) is 15.8. The van der Waals surface area contributed by atoms with Gasteiger partial charge in [-0.3, -0.25) is 0 Å². The number of halogens is 1. The van der Waals surface area contributed by atoms with Crippen LogP contribution < -0.4 is 15.4 Å². The topological polar surface area (TPSA) is 41.7 Å². The Kier molecular flexibility index (Phi) is 10.2. The van der Waals surface area contributed by atoms with Gasteiger partial charge in [0.15, 0.2) is 0 Å². The number of nitrogens with two attached hydrogens (primary N) is 1. The molecule has 2 aromatic carbocycles. The summed E-state index contributed by atoms with van der Waals surface area (Å²) in [5.41, 5.74) is 8.60. The second-order valence-corrected chi connectivity index (χ2v) is 10.7. The molecule has 0 bridgehead atoms. The van der Waals surface area contributed by atoms with Gasteiger partial charge in [0.05, 0.1) is 0 Å². The van der Waals surface area contributed by atoms with Gasteiger partial charge in [-0.15, -0.1) is 0 Å². The Labute approximate surface area is 206 Å². The molecule has 0 radical (unpaired) electrons. The maximum absolute atomic E-state index is 13.1. The van der Waals surface area contributed by atoms with E-state index in [2.05, 4.69) is 61.8 Å². The average molecular weight is 470 g/mol. The molecule has 1 atom stereocenters. The highest BCUT2D eigenvalue weighted by Crippen LogP contribution is 2.27. The SMILES string of the molecule is CC(C)CCN(c1ccc(OCc2ccc(F)cc2)cc1)C1CCN(CC(N)CC(C)C)CC1. The van der Waals surface area contributed by atoms with Gasteiger partial charge in [-0.2, -0.15) is 0 Å². The summed E-state index contributed by atoms with van der Waals surface area (Å²) in [5, 5.41) is 0. The van der Waals surface area contributed by atoms with Crippen LogP contribution >= 0.6 is 0 Å². The molecule has 3 rings (SSSR count). The molecule has 0 aliphatic carbocycles. The zero-order valence-corrected chi connectivity index (χ0v) is 21.6. The lowest BCUT2D eigenvalue weighted by molar-refractivity contribution is 0.191. The number of hydrogen-bond acceptors (Lipinski definition) is 4. The molecule has 0 aromatic heterocycles. The van der Waals surface area contributed by atoms with Gasteiger partial charge in [-0.05, 0) is 79.5 Å². The Morgan fingerprint density at radius 3 is 2.21 bits per heavy atom. The Balaban J connectivity index is 1.58. The quantitative estimate of drug-likeness (QED) is 0.408. The molecule has 1 saturated heterocycles. The van der Waals surface area contributed by atoms with Crippen molar-refractivity contribution in [3.05, 3.63) is 59.9 Å². The molecule has 1 heterocycles. The van der Waals surface area contributed by atoms with E-state index < -0.39 is 0 Å². The van der Waals surface area contributed by atoms with Crippen LogP contribution in [0, 0.1) is 17.7 Å². The lowest BCUT2D eigenvalue weighted by Gasteiger charge is -2.41. The fourth-order valence-corrected chi connectivity index (χ4v) is 4.83. The van der Waals surface area contributed by atoms with E-state index >= 15 is 0 Å². The number of benzene rings is 2. The lowest BCUT2D eigenvalue weighted by Crippen LogP contribution is -2.48. The van der Waals surface area contributed by atoms with E-state index in [4.69, 9.17) is 10.5 Å². The zero-order valence-electron chi connectivity index (χ0n) is 21.6. The van der Waals surface area contributed by atoms with Crippen LogP contribution in [0.25, 0.3) is 0 Å². The number of nitrogens with zero attached hydrogens (tertiary/aromatic N) is 2. The summed E-state index contributed by atoms with van der Waals surface area (Å²) in [7, 11) is 0. The molecule has 2 aromatic rings. The predicted molar refractivity (Wildman–Crippen MR) is 141 cm³/mol. The number of anilines is 1. The molecule has 1 unspecified atom stereocenters. The van der Waals surface area contributed by atoms with Gasteiger partial charge in [0.1, 0.15) is 18.2 Å². The molecule has 0 saturated carbocycles. The molecule has 2 N–H and O–H groups in total. The Hall–Kier alpha value is -2.11. The van der Waals surface area contributed by atoms with Gasteiger partial charge < -0.3 is 20.3 Å². The van der Waals surface area contributed by atoms with Crippen LogP contribution in [-0.2, 0) is 6.61 Å². The van der Waals surface area contributed by atoms with Crippen LogP contribution in [0.2, 0.25) is 0 Å². The van der Waals surface area contributed by atoms with Crippen LogP contribution in [0.15, 0.2) is 48.5 Å². The first-order valence-electron chi connectivity index (χ1n) is 13.0. The van der Waals surface area contributed by atoms with Gasteiger partial charge in [-0.1, -0.05) is 39.8 Å². The van der Waals surface area contributed by atoms with Gasteiger partial charge >= 0.3 is 0 Å². The van der Waals surface area contributed by atoms with E-state index in [0.717, 1.165) is 43.9 Å². The minimum atomic E-state index is -0.223. The van der Waals surface area contributed by atoms with Gasteiger partial charge in [0.25, 0.3) is 0 Å². The Morgan fingerprint density at radius 1 is 0.971 bits per heavy atom. The van der Waals surface area contributed by atoms with E-state index in [1.165, 1.54) is 37.1 Å². The second kappa shape index (κ2) is 13.1. The third kappa shape index (κ3) is 8.59. The van der Waals surface area contributed by atoms with Crippen LogP contribution in [0.3, 0.4) is 0 Å². The van der Waals surface area contributed by atoms with Gasteiger partial charge in [-0.25, -0.2) is 4.39 Å². The smallest absolute Gasteiger partial charge is 0.123 e. The maximum atomic E-state index is 13.1. The molecule has 5 heteroatoms. The second-order valence-electron chi connectivity index (χ2n) is 10.7. The Bertz CT molecular complexity index is 829. The molecule has 1 aliphatic heterocycles. The van der Waals surface area contributed by atoms with Crippen LogP contribution in [0.1, 0.15) is 58.9 Å². The van der Waals surface area contributed by atoms with Crippen molar-refractivity contribution in [3.63, 3.8) is 0 Å². The predicted octanol–water partition coefficient (Wildman–Crippen LogP) is 6.10. The van der Waals surface area contributed by atoms with Crippen molar-refractivity contribution in [1.82, 2.24) is 4.90 Å². The number of rotatable bonds is 12. The third-order valence-corrected chi connectivity index (χ3v) is 6.70. The zero-order chi connectivity index (χ0) is 24.5. The van der Waals surface area contributed by atoms with E-state index in [1.54, 1.807) is 12.1 Å². The molecule has 0 spiro atoms. The van der Waals surface area contributed by atoms with E-state index in [1.807, 2.05) is 0 Å². The monoisotopic (exact) mass is 469 g/mol. The first kappa shape index (κ1) is 26.5. The van der Waals surface area contributed by atoms with E-state index in [-0.39, 0.29) is 11.9 Å². The molecule has 34 heavy (non-hydrogen) atoms. The van der Waals surface area contributed by atoms with Crippen molar-refractivity contribution in [3.8, 4) is 5.75 Å². The normalized spacial score (nSPS) is 16.2. The van der Waals surface area contributed by atoms with Gasteiger partial charge in [0.2, 0.25) is 0 Å². The number of likely N-dealkylation sites (tertiary alicyclic amines) is 1. The molecule has 0 amide bonds. The minimum absolute atomic E-state index is 0.223. The molecule has 4 nitrogen and oxygen atoms in total. The third-order valence-electron chi connectivity index (χ3n) is 6.70. The van der Waals surface area contributed by atoms with Gasteiger partial charge in [0, 0.05) is 44.0 Å². The summed E-state index contributed by atoms with van der Waals surface area (Å²) in [4.78, 5) is 5.16. The fraction of sp³-hybridized carbons (Fsp3) is 0.586. The van der Waals surface area contributed by atoms with Crippen LogP contribution in [0.5, 0.6) is 5.75 Å². The van der Waals surface area contributed by atoms with Crippen molar-refractivity contribution in [2.24, 2.45) is 17.6 Å². The Morgan fingerprint density at radius 2 is 1.62 bits per heavy atom. The van der Waals surface area contributed by atoms with Crippen molar-refractivity contribution >= 4 is 5.69 Å². The first-order valence-corrected chi connectivity index (χ1v) is 13.0. The number of ether oxygens (including phenoxy) is 1.